The first kappa shape index (κ1) is 17.8. The molecule has 2 fully saturated rings. The molecular formula is C19H23N3O5. The molecule has 8 heteroatoms. The summed E-state index contributed by atoms with van der Waals surface area (Å²) in [6, 6.07) is 5.13. The summed E-state index contributed by atoms with van der Waals surface area (Å²) in [6.07, 6.45) is 1.39. The molecule has 0 aromatic heterocycles. The molecule has 1 unspecified atom stereocenters. The summed E-state index contributed by atoms with van der Waals surface area (Å²) in [5.41, 5.74) is 1.11. The number of fused-ring (bicyclic) bond motifs is 1. The van der Waals surface area contributed by atoms with Crippen molar-refractivity contribution < 1.29 is 23.9 Å². The van der Waals surface area contributed by atoms with Gasteiger partial charge in [-0.15, -0.1) is 0 Å². The van der Waals surface area contributed by atoms with Crippen LogP contribution in [-0.4, -0.2) is 80.1 Å². The molecule has 1 aromatic rings. The lowest BCUT2D eigenvalue weighted by atomic mass is 10.1. The van der Waals surface area contributed by atoms with Crippen molar-refractivity contribution in [2.45, 2.75) is 18.9 Å². The average Bonchev–Trinajstić information content (AvgIpc) is 3.24. The van der Waals surface area contributed by atoms with Crippen molar-refractivity contribution in [1.82, 2.24) is 9.80 Å². The van der Waals surface area contributed by atoms with Crippen molar-refractivity contribution in [3.05, 3.63) is 23.8 Å². The number of anilines is 1. The molecule has 27 heavy (non-hydrogen) atoms. The Balaban J connectivity index is 1.41. The topological polar surface area (TPSA) is 79.4 Å². The summed E-state index contributed by atoms with van der Waals surface area (Å²) in [7, 11) is 1.67. The minimum Gasteiger partial charge on any atom is -0.482 e. The first-order chi connectivity index (χ1) is 13.0. The third kappa shape index (κ3) is 3.37. The normalized spacial score (nSPS) is 22.5. The smallest absolute Gasteiger partial charge is 0.264 e. The van der Waals surface area contributed by atoms with Crippen LogP contribution in [0, 0.1) is 0 Å². The maximum atomic E-state index is 12.9. The van der Waals surface area contributed by atoms with Gasteiger partial charge in [-0.1, -0.05) is 0 Å². The summed E-state index contributed by atoms with van der Waals surface area (Å²) in [5.74, 6) is 0.382. The molecule has 3 aliphatic rings. The van der Waals surface area contributed by atoms with E-state index in [-0.39, 0.29) is 30.4 Å². The number of likely N-dealkylation sites (N-methyl/N-ethyl adjacent to an activating group) is 1. The number of amides is 3. The van der Waals surface area contributed by atoms with Gasteiger partial charge < -0.3 is 24.2 Å². The van der Waals surface area contributed by atoms with Gasteiger partial charge in [-0.05, 0) is 31.0 Å². The van der Waals surface area contributed by atoms with E-state index < -0.39 is 0 Å². The van der Waals surface area contributed by atoms with Crippen molar-refractivity contribution in [2.24, 2.45) is 0 Å². The molecule has 144 valence electrons. The highest BCUT2D eigenvalue weighted by molar-refractivity contribution is 6.01. The minimum absolute atomic E-state index is 0.0114. The van der Waals surface area contributed by atoms with Gasteiger partial charge in [0.1, 0.15) is 11.9 Å². The quantitative estimate of drug-likeness (QED) is 0.755. The van der Waals surface area contributed by atoms with E-state index in [2.05, 4.69) is 0 Å². The van der Waals surface area contributed by atoms with E-state index in [1.165, 1.54) is 4.90 Å². The number of ether oxygens (including phenoxy) is 2. The van der Waals surface area contributed by atoms with Crippen LogP contribution in [0.4, 0.5) is 5.69 Å². The average molecular weight is 373 g/mol. The third-order valence-corrected chi connectivity index (χ3v) is 5.38. The van der Waals surface area contributed by atoms with E-state index in [0.717, 1.165) is 12.8 Å². The molecule has 3 heterocycles. The lowest BCUT2D eigenvalue weighted by Crippen LogP contribution is -2.52. The Bertz CT molecular complexity index is 767. The van der Waals surface area contributed by atoms with Gasteiger partial charge in [-0.2, -0.15) is 0 Å². The molecule has 0 spiro atoms. The second-order valence-electron chi connectivity index (χ2n) is 7.04. The van der Waals surface area contributed by atoms with Crippen LogP contribution in [-0.2, 0) is 14.3 Å². The number of hydrogen-bond acceptors (Lipinski definition) is 5. The summed E-state index contributed by atoms with van der Waals surface area (Å²) in [4.78, 5) is 42.1. The Labute approximate surface area is 157 Å². The highest BCUT2D eigenvalue weighted by Gasteiger charge is 2.32. The van der Waals surface area contributed by atoms with Gasteiger partial charge in [-0.25, -0.2) is 0 Å². The van der Waals surface area contributed by atoms with E-state index in [4.69, 9.17) is 9.47 Å². The zero-order valence-electron chi connectivity index (χ0n) is 15.3. The monoisotopic (exact) mass is 373 g/mol. The van der Waals surface area contributed by atoms with Gasteiger partial charge in [0, 0.05) is 45.4 Å². The Kier molecular flexibility index (Phi) is 4.73. The van der Waals surface area contributed by atoms with E-state index in [1.54, 1.807) is 35.0 Å². The number of carbonyl (C=O) groups excluding carboxylic acids is 3. The predicted molar refractivity (Wildman–Crippen MR) is 96.8 cm³/mol. The zero-order valence-corrected chi connectivity index (χ0v) is 15.3. The van der Waals surface area contributed by atoms with Crippen molar-refractivity contribution in [3.8, 4) is 5.75 Å². The minimum atomic E-state index is -0.319. The van der Waals surface area contributed by atoms with Crippen LogP contribution in [0.5, 0.6) is 5.75 Å². The van der Waals surface area contributed by atoms with Crippen molar-refractivity contribution in [3.63, 3.8) is 0 Å². The molecule has 0 N–H and O–H groups in total. The van der Waals surface area contributed by atoms with E-state index in [0.29, 0.717) is 49.8 Å². The maximum absolute atomic E-state index is 12.9. The molecule has 3 amide bonds. The van der Waals surface area contributed by atoms with E-state index in [1.807, 2.05) is 0 Å². The molecule has 8 nitrogen and oxygen atoms in total. The van der Waals surface area contributed by atoms with E-state index >= 15 is 0 Å². The Morgan fingerprint density at radius 3 is 2.56 bits per heavy atom. The van der Waals surface area contributed by atoms with Crippen molar-refractivity contribution in [1.29, 1.82) is 0 Å². The summed E-state index contributed by atoms with van der Waals surface area (Å²) in [5, 5.41) is 0. The molecule has 0 saturated carbocycles. The molecule has 0 bridgehead atoms. The SMILES string of the molecule is CN1C(=O)COc2ccc(C(=O)N3CCN(C(=O)C4CCCO4)CC3)cc21. The van der Waals surface area contributed by atoms with Crippen LogP contribution in [0.25, 0.3) is 0 Å². The summed E-state index contributed by atoms with van der Waals surface area (Å²) < 4.78 is 10.9. The third-order valence-electron chi connectivity index (χ3n) is 5.38. The van der Waals surface area contributed by atoms with Crippen LogP contribution >= 0.6 is 0 Å². The predicted octanol–water partition coefficient (Wildman–Crippen LogP) is 0.505. The van der Waals surface area contributed by atoms with Crippen LogP contribution in [0.1, 0.15) is 23.2 Å². The van der Waals surface area contributed by atoms with E-state index in [9.17, 15) is 14.4 Å². The second kappa shape index (κ2) is 7.19. The van der Waals surface area contributed by atoms with Gasteiger partial charge in [-0.3, -0.25) is 14.4 Å². The largest absolute Gasteiger partial charge is 0.482 e. The maximum Gasteiger partial charge on any atom is 0.264 e. The Hall–Kier alpha value is -2.61. The van der Waals surface area contributed by atoms with Crippen molar-refractivity contribution >= 4 is 23.4 Å². The summed E-state index contributed by atoms with van der Waals surface area (Å²) >= 11 is 0. The number of carbonyl (C=O) groups is 3. The molecule has 0 radical (unpaired) electrons. The van der Waals surface area contributed by atoms with Gasteiger partial charge in [0.15, 0.2) is 6.61 Å². The molecular weight excluding hydrogens is 350 g/mol. The molecule has 1 atom stereocenters. The number of benzene rings is 1. The fraction of sp³-hybridized carbons (Fsp3) is 0.526. The first-order valence-corrected chi connectivity index (χ1v) is 9.27. The molecule has 3 aliphatic heterocycles. The van der Waals surface area contributed by atoms with Crippen LogP contribution in [0.3, 0.4) is 0 Å². The fourth-order valence-electron chi connectivity index (χ4n) is 3.69. The standard InChI is InChI=1S/C19H23N3O5/c1-20-14-11-13(4-5-15(14)27-12-17(20)23)18(24)21-6-8-22(9-7-21)19(25)16-3-2-10-26-16/h4-5,11,16H,2-3,6-10,12H2,1H3. The molecule has 0 aliphatic carbocycles. The summed E-state index contributed by atoms with van der Waals surface area (Å²) in [6.45, 7) is 2.65. The Morgan fingerprint density at radius 2 is 1.85 bits per heavy atom. The highest BCUT2D eigenvalue weighted by Crippen LogP contribution is 2.32. The lowest BCUT2D eigenvalue weighted by Gasteiger charge is -2.36. The second-order valence-corrected chi connectivity index (χ2v) is 7.04. The molecule has 1 aromatic carbocycles. The number of hydrogen-bond donors (Lipinski definition) is 0. The fourth-order valence-corrected chi connectivity index (χ4v) is 3.69. The van der Waals surface area contributed by atoms with Crippen LogP contribution in [0.15, 0.2) is 18.2 Å². The first-order valence-electron chi connectivity index (χ1n) is 9.27. The van der Waals surface area contributed by atoms with Crippen LogP contribution in [0.2, 0.25) is 0 Å². The number of rotatable bonds is 2. The number of piperazine rings is 1. The number of nitrogens with zero attached hydrogens (tertiary/aromatic N) is 3. The lowest BCUT2D eigenvalue weighted by molar-refractivity contribution is -0.142. The molecule has 2 saturated heterocycles. The van der Waals surface area contributed by atoms with Gasteiger partial charge in [0.05, 0.1) is 5.69 Å². The van der Waals surface area contributed by atoms with Gasteiger partial charge >= 0.3 is 0 Å². The Morgan fingerprint density at radius 1 is 1.11 bits per heavy atom. The van der Waals surface area contributed by atoms with Gasteiger partial charge in [0.2, 0.25) is 0 Å². The van der Waals surface area contributed by atoms with Crippen molar-refractivity contribution in [2.75, 3.05) is 51.3 Å². The molecule has 4 rings (SSSR count). The zero-order chi connectivity index (χ0) is 19.0. The van der Waals surface area contributed by atoms with Gasteiger partial charge in [0.25, 0.3) is 17.7 Å². The van der Waals surface area contributed by atoms with Crippen LogP contribution < -0.4 is 9.64 Å². The highest BCUT2D eigenvalue weighted by atomic mass is 16.5.